The number of hydrogen-bond acceptors (Lipinski definition) is 6. The van der Waals surface area contributed by atoms with Gasteiger partial charge in [-0.15, -0.1) is 0 Å². The molecule has 6 nitrogen and oxygen atoms in total. The second-order valence-corrected chi connectivity index (χ2v) is 6.12. The van der Waals surface area contributed by atoms with E-state index in [1.165, 1.54) is 0 Å². The minimum atomic E-state index is -0.608. The SMILES string of the molecule is C=C(OCC)C(=O)Oc1ccc(OCC2CN(C)c3ccccc3O2)cc1. The van der Waals surface area contributed by atoms with Crippen LogP contribution in [0.15, 0.2) is 60.9 Å². The van der Waals surface area contributed by atoms with Crippen molar-refractivity contribution in [3.63, 3.8) is 0 Å². The Labute approximate surface area is 158 Å². The Bertz CT molecular complexity index is 802. The molecule has 1 heterocycles. The second kappa shape index (κ2) is 8.49. The van der Waals surface area contributed by atoms with Crippen LogP contribution in [0.4, 0.5) is 5.69 Å². The summed E-state index contributed by atoms with van der Waals surface area (Å²) in [5.74, 6) is 1.30. The minimum Gasteiger partial charge on any atom is -0.490 e. The van der Waals surface area contributed by atoms with Gasteiger partial charge in [0.05, 0.1) is 18.8 Å². The van der Waals surface area contributed by atoms with Crippen LogP contribution in [-0.4, -0.2) is 38.9 Å². The van der Waals surface area contributed by atoms with E-state index in [2.05, 4.69) is 11.5 Å². The molecule has 0 bridgehead atoms. The zero-order valence-electron chi connectivity index (χ0n) is 15.5. The lowest BCUT2D eigenvalue weighted by molar-refractivity contribution is -0.133. The molecule has 0 saturated carbocycles. The maximum Gasteiger partial charge on any atom is 0.378 e. The average molecular weight is 369 g/mol. The van der Waals surface area contributed by atoms with Crippen LogP contribution in [0.2, 0.25) is 0 Å². The number of rotatable bonds is 7. The Morgan fingerprint density at radius 3 is 2.63 bits per heavy atom. The highest BCUT2D eigenvalue weighted by molar-refractivity contribution is 5.87. The molecular weight excluding hydrogens is 346 g/mol. The molecule has 2 aromatic rings. The van der Waals surface area contributed by atoms with Crippen molar-refractivity contribution in [3.05, 3.63) is 60.9 Å². The molecule has 6 heteroatoms. The molecule has 142 valence electrons. The van der Waals surface area contributed by atoms with Gasteiger partial charge in [-0.2, -0.15) is 0 Å². The summed E-state index contributed by atoms with van der Waals surface area (Å²) in [7, 11) is 2.04. The molecule has 0 saturated heterocycles. The van der Waals surface area contributed by atoms with Crippen molar-refractivity contribution in [2.24, 2.45) is 0 Å². The lowest BCUT2D eigenvalue weighted by Gasteiger charge is -2.33. The molecule has 0 amide bonds. The minimum absolute atomic E-state index is 0.0170. The maximum absolute atomic E-state index is 11.8. The molecular formula is C21H23NO5. The number of hydrogen-bond donors (Lipinski definition) is 0. The van der Waals surface area contributed by atoms with Crippen LogP contribution in [0.25, 0.3) is 0 Å². The maximum atomic E-state index is 11.8. The van der Waals surface area contributed by atoms with Crippen LogP contribution in [0.5, 0.6) is 17.2 Å². The Kier molecular flexibility index (Phi) is 5.86. The molecule has 1 unspecified atom stereocenters. The first-order chi connectivity index (χ1) is 13.1. The predicted molar refractivity (Wildman–Crippen MR) is 102 cm³/mol. The van der Waals surface area contributed by atoms with E-state index in [4.69, 9.17) is 18.9 Å². The van der Waals surface area contributed by atoms with Crippen LogP contribution >= 0.6 is 0 Å². The fourth-order valence-corrected chi connectivity index (χ4v) is 2.77. The Balaban J connectivity index is 1.52. The molecule has 2 aromatic carbocycles. The number of fused-ring (bicyclic) bond motifs is 1. The zero-order chi connectivity index (χ0) is 19.2. The van der Waals surface area contributed by atoms with Crippen LogP contribution in [0.1, 0.15) is 6.92 Å². The molecule has 3 rings (SSSR count). The Morgan fingerprint density at radius 1 is 1.19 bits per heavy atom. The lowest BCUT2D eigenvalue weighted by atomic mass is 10.2. The van der Waals surface area contributed by atoms with Gasteiger partial charge < -0.3 is 23.8 Å². The first kappa shape index (κ1) is 18.6. The van der Waals surface area contributed by atoms with E-state index in [-0.39, 0.29) is 11.9 Å². The highest BCUT2D eigenvalue weighted by atomic mass is 16.6. The molecule has 27 heavy (non-hydrogen) atoms. The van der Waals surface area contributed by atoms with Gasteiger partial charge in [-0.25, -0.2) is 4.79 Å². The summed E-state index contributed by atoms with van der Waals surface area (Å²) in [5.41, 5.74) is 1.08. The zero-order valence-corrected chi connectivity index (χ0v) is 15.5. The van der Waals surface area contributed by atoms with Gasteiger partial charge in [-0.1, -0.05) is 12.1 Å². The second-order valence-electron chi connectivity index (χ2n) is 6.12. The van der Waals surface area contributed by atoms with Gasteiger partial charge in [0.15, 0.2) is 5.76 Å². The standard InChI is InChI=1S/C21H23NO5/c1-4-24-15(2)21(23)27-17-11-9-16(10-12-17)25-14-18-13-22(3)19-7-5-6-8-20(19)26-18/h5-12,18H,2,4,13-14H2,1,3H3. The van der Waals surface area contributed by atoms with Crippen LogP contribution in [0.3, 0.4) is 0 Å². The number of anilines is 1. The van der Waals surface area contributed by atoms with E-state index in [1.54, 1.807) is 31.2 Å². The van der Waals surface area contributed by atoms with E-state index < -0.39 is 5.97 Å². The molecule has 1 aliphatic rings. The summed E-state index contributed by atoms with van der Waals surface area (Å²) in [4.78, 5) is 13.9. The largest absolute Gasteiger partial charge is 0.490 e. The van der Waals surface area contributed by atoms with Crippen molar-refractivity contribution in [1.29, 1.82) is 0 Å². The van der Waals surface area contributed by atoms with Crippen molar-refractivity contribution < 1.29 is 23.7 Å². The number of benzene rings is 2. The van der Waals surface area contributed by atoms with Crippen molar-refractivity contribution in [3.8, 4) is 17.2 Å². The molecule has 0 aromatic heterocycles. The third-order valence-electron chi connectivity index (χ3n) is 4.06. The summed E-state index contributed by atoms with van der Waals surface area (Å²) >= 11 is 0. The van der Waals surface area contributed by atoms with Gasteiger partial charge in [0.1, 0.15) is 30.0 Å². The number of carbonyl (C=O) groups excluding carboxylic acids is 1. The Hall–Kier alpha value is -3.15. The monoisotopic (exact) mass is 369 g/mol. The quantitative estimate of drug-likeness (QED) is 0.323. The van der Waals surface area contributed by atoms with Crippen LogP contribution in [0, 0.1) is 0 Å². The average Bonchev–Trinajstić information content (AvgIpc) is 2.67. The van der Waals surface area contributed by atoms with Crippen LogP contribution < -0.4 is 19.1 Å². The summed E-state index contributed by atoms with van der Waals surface area (Å²) in [6, 6.07) is 14.7. The van der Waals surface area contributed by atoms with Crippen molar-refractivity contribution in [2.45, 2.75) is 13.0 Å². The van der Waals surface area contributed by atoms with Gasteiger partial charge in [0.25, 0.3) is 0 Å². The number of likely N-dealkylation sites (N-methyl/N-ethyl adjacent to an activating group) is 1. The fraction of sp³-hybridized carbons (Fsp3) is 0.286. The summed E-state index contributed by atoms with van der Waals surface area (Å²) in [6.07, 6.45) is -0.0723. The summed E-state index contributed by atoms with van der Waals surface area (Å²) in [6.45, 7) is 6.82. The highest BCUT2D eigenvalue weighted by Crippen LogP contribution is 2.32. The summed E-state index contributed by atoms with van der Waals surface area (Å²) < 4.78 is 22.0. The highest BCUT2D eigenvalue weighted by Gasteiger charge is 2.23. The van der Waals surface area contributed by atoms with E-state index >= 15 is 0 Å². The Morgan fingerprint density at radius 2 is 1.89 bits per heavy atom. The van der Waals surface area contributed by atoms with Gasteiger partial charge in [0, 0.05) is 7.05 Å². The normalized spacial score (nSPS) is 15.3. The number of esters is 1. The third kappa shape index (κ3) is 4.73. The van der Waals surface area contributed by atoms with E-state index in [1.807, 2.05) is 31.3 Å². The third-order valence-corrected chi connectivity index (χ3v) is 4.06. The van der Waals surface area contributed by atoms with Crippen LogP contribution in [-0.2, 0) is 9.53 Å². The van der Waals surface area contributed by atoms with E-state index in [0.29, 0.717) is 24.7 Å². The van der Waals surface area contributed by atoms with Crippen molar-refractivity contribution in [2.75, 3.05) is 31.7 Å². The summed E-state index contributed by atoms with van der Waals surface area (Å²) in [5, 5.41) is 0. The molecule has 1 atom stereocenters. The number of ether oxygens (including phenoxy) is 4. The van der Waals surface area contributed by atoms with Crippen molar-refractivity contribution in [1.82, 2.24) is 0 Å². The molecule has 0 aliphatic carbocycles. The van der Waals surface area contributed by atoms with E-state index in [0.717, 1.165) is 18.0 Å². The number of para-hydroxylation sites is 2. The number of carbonyl (C=O) groups is 1. The predicted octanol–water partition coefficient (Wildman–Crippen LogP) is 3.42. The van der Waals surface area contributed by atoms with Gasteiger partial charge in [-0.05, 0) is 49.9 Å². The molecule has 0 radical (unpaired) electrons. The van der Waals surface area contributed by atoms with Crippen molar-refractivity contribution >= 4 is 11.7 Å². The molecule has 0 N–H and O–H groups in total. The van der Waals surface area contributed by atoms with Gasteiger partial charge in [0.2, 0.25) is 0 Å². The lowest BCUT2D eigenvalue weighted by Crippen LogP contribution is -2.41. The first-order valence-electron chi connectivity index (χ1n) is 8.80. The molecule has 1 aliphatic heterocycles. The van der Waals surface area contributed by atoms with Gasteiger partial charge in [-0.3, -0.25) is 0 Å². The molecule has 0 spiro atoms. The van der Waals surface area contributed by atoms with E-state index in [9.17, 15) is 4.79 Å². The smallest absolute Gasteiger partial charge is 0.378 e. The first-order valence-corrected chi connectivity index (χ1v) is 8.80. The topological polar surface area (TPSA) is 57.2 Å². The number of nitrogens with zero attached hydrogens (tertiary/aromatic N) is 1. The van der Waals surface area contributed by atoms with Gasteiger partial charge >= 0.3 is 5.97 Å². The molecule has 0 fully saturated rings. The fourth-order valence-electron chi connectivity index (χ4n) is 2.77.